The van der Waals surface area contributed by atoms with Gasteiger partial charge >= 0.3 is 5.97 Å². The molecule has 0 aliphatic carbocycles. The summed E-state index contributed by atoms with van der Waals surface area (Å²) in [5.74, 6) is 0.0508. The lowest BCUT2D eigenvalue weighted by Gasteiger charge is -2.31. The standard InChI is InChI=1S/C20H29ClN2O6S/c1-4-29-20(25)15-9-12-22(13-10-15)19(24)6-5-11-23(30(3,26)27)16-7-8-18(28-2)17(21)14-16/h7-8,14-15H,4-6,9-13H2,1-3H3. The van der Waals surface area contributed by atoms with Crippen molar-refractivity contribution in [1.82, 2.24) is 4.90 Å². The number of piperidine rings is 1. The highest BCUT2D eigenvalue weighted by molar-refractivity contribution is 7.92. The molecule has 168 valence electrons. The van der Waals surface area contributed by atoms with Gasteiger partial charge in [-0.3, -0.25) is 13.9 Å². The maximum Gasteiger partial charge on any atom is 0.309 e. The van der Waals surface area contributed by atoms with Gasteiger partial charge in [-0.2, -0.15) is 0 Å². The van der Waals surface area contributed by atoms with Crippen molar-refractivity contribution in [2.75, 3.05) is 43.9 Å². The van der Waals surface area contributed by atoms with Gasteiger partial charge in [0.05, 0.1) is 36.6 Å². The molecule has 0 bridgehead atoms. The van der Waals surface area contributed by atoms with Crippen LogP contribution in [-0.2, 0) is 24.3 Å². The summed E-state index contributed by atoms with van der Waals surface area (Å²) in [4.78, 5) is 26.0. The van der Waals surface area contributed by atoms with Gasteiger partial charge in [-0.1, -0.05) is 11.6 Å². The molecule has 1 amide bonds. The lowest BCUT2D eigenvalue weighted by molar-refractivity contribution is -0.151. The number of carbonyl (C=O) groups excluding carboxylic acids is 2. The Labute approximate surface area is 183 Å². The quantitative estimate of drug-likeness (QED) is 0.526. The summed E-state index contributed by atoms with van der Waals surface area (Å²) >= 11 is 6.12. The zero-order valence-corrected chi connectivity index (χ0v) is 19.2. The summed E-state index contributed by atoms with van der Waals surface area (Å²) in [5, 5.41) is 0.309. The number of ether oxygens (including phenoxy) is 2. The molecule has 1 aliphatic rings. The molecule has 2 rings (SSSR count). The van der Waals surface area contributed by atoms with Gasteiger partial charge in [-0.15, -0.1) is 0 Å². The molecule has 1 aromatic carbocycles. The number of carbonyl (C=O) groups is 2. The minimum Gasteiger partial charge on any atom is -0.495 e. The van der Waals surface area contributed by atoms with Gasteiger partial charge in [0.25, 0.3) is 0 Å². The fourth-order valence-electron chi connectivity index (χ4n) is 3.45. The maximum atomic E-state index is 12.5. The Morgan fingerprint density at radius 3 is 2.47 bits per heavy atom. The van der Waals surface area contributed by atoms with E-state index in [4.69, 9.17) is 21.1 Å². The number of anilines is 1. The van der Waals surface area contributed by atoms with E-state index in [0.717, 1.165) is 6.26 Å². The number of hydrogen-bond acceptors (Lipinski definition) is 6. The minimum atomic E-state index is -3.54. The van der Waals surface area contributed by atoms with Gasteiger partial charge in [0.15, 0.2) is 0 Å². The largest absolute Gasteiger partial charge is 0.495 e. The van der Waals surface area contributed by atoms with Gasteiger partial charge in [0, 0.05) is 26.1 Å². The predicted octanol–water partition coefficient (Wildman–Crippen LogP) is 2.70. The SMILES string of the molecule is CCOC(=O)C1CCN(C(=O)CCCN(c2ccc(OC)c(Cl)c2)S(C)(=O)=O)CC1. The molecule has 1 saturated heterocycles. The first-order valence-electron chi connectivity index (χ1n) is 9.93. The molecule has 0 atom stereocenters. The van der Waals surface area contributed by atoms with Crippen LogP contribution in [0.5, 0.6) is 5.75 Å². The molecular formula is C20H29ClN2O6S. The average molecular weight is 461 g/mol. The van der Waals surface area contributed by atoms with Crippen LogP contribution in [0.25, 0.3) is 0 Å². The Kier molecular flexibility index (Phi) is 8.78. The van der Waals surface area contributed by atoms with Crippen LogP contribution in [0.1, 0.15) is 32.6 Å². The highest BCUT2D eigenvalue weighted by Crippen LogP contribution is 2.30. The van der Waals surface area contributed by atoms with Crippen LogP contribution < -0.4 is 9.04 Å². The minimum absolute atomic E-state index is 0.0430. The Hall–Kier alpha value is -2.00. The number of hydrogen-bond donors (Lipinski definition) is 0. The third-order valence-electron chi connectivity index (χ3n) is 5.04. The van der Waals surface area contributed by atoms with Crippen molar-refractivity contribution in [3.05, 3.63) is 23.2 Å². The number of sulfonamides is 1. The number of rotatable bonds is 9. The Bertz CT molecular complexity index is 853. The van der Waals surface area contributed by atoms with E-state index in [0.29, 0.717) is 55.4 Å². The number of halogens is 1. The second-order valence-electron chi connectivity index (χ2n) is 7.16. The second kappa shape index (κ2) is 10.9. The number of nitrogens with zero attached hydrogens (tertiary/aromatic N) is 2. The predicted molar refractivity (Wildman–Crippen MR) is 115 cm³/mol. The van der Waals surface area contributed by atoms with Gasteiger partial charge in [0.2, 0.25) is 15.9 Å². The average Bonchev–Trinajstić information content (AvgIpc) is 2.70. The number of likely N-dealkylation sites (tertiary alicyclic amines) is 1. The number of esters is 1. The third kappa shape index (κ3) is 6.50. The van der Waals surface area contributed by atoms with E-state index in [1.807, 2.05) is 0 Å². The fourth-order valence-corrected chi connectivity index (χ4v) is 4.66. The highest BCUT2D eigenvalue weighted by atomic mass is 35.5. The van der Waals surface area contributed by atoms with Crippen molar-refractivity contribution in [2.24, 2.45) is 5.92 Å². The lowest BCUT2D eigenvalue weighted by atomic mass is 9.97. The molecule has 0 spiro atoms. The van der Waals surface area contributed by atoms with E-state index in [9.17, 15) is 18.0 Å². The Morgan fingerprint density at radius 1 is 1.27 bits per heavy atom. The van der Waals surface area contributed by atoms with Crippen LogP contribution in [0.3, 0.4) is 0 Å². The number of benzene rings is 1. The topological polar surface area (TPSA) is 93.2 Å². The molecule has 1 fully saturated rings. The first-order valence-corrected chi connectivity index (χ1v) is 12.2. The van der Waals surface area contributed by atoms with Crippen molar-refractivity contribution in [3.63, 3.8) is 0 Å². The molecule has 1 heterocycles. The van der Waals surface area contributed by atoms with Crippen molar-refractivity contribution >= 4 is 39.2 Å². The van der Waals surface area contributed by atoms with Gasteiger partial charge in [0.1, 0.15) is 5.75 Å². The summed E-state index contributed by atoms with van der Waals surface area (Å²) in [6, 6.07) is 4.76. The van der Waals surface area contributed by atoms with Gasteiger partial charge < -0.3 is 14.4 Å². The van der Waals surface area contributed by atoms with E-state index in [-0.39, 0.29) is 30.8 Å². The van der Waals surface area contributed by atoms with Crippen LogP contribution in [0.4, 0.5) is 5.69 Å². The second-order valence-corrected chi connectivity index (χ2v) is 9.48. The van der Waals surface area contributed by atoms with Crippen LogP contribution >= 0.6 is 11.6 Å². The van der Waals surface area contributed by atoms with Crippen molar-refractivity contribution in [3.8, 4) is 5.75 Å². The summed E-state index contributed by atoms with van der Waals surface area (Å²) in [6.45, 7) is 3.30. The van der Waals surface area contributed by atoms with Gasteiger partial charge in [-0.05, 0) is 44.4 Å². The first kappa shape index (κ1) is 24.3. The number of amides is 1. The molecule has 0 N–H and O–H groups in total. The van der Waals surface area contributed by atoms with Crippen LogP contribution in [0.2, 0.25) is 5.02 Å². The zero-order chi connectivity index (χ0) is 22.3. The van der Waals surface area contributed by atoms with E-state index in [2.05, 4.69) is 0 Å². The van der Waals surface area contributed by atoms with E-state index in [1.54, 1.807) is 24.0 Å². The number of methoxy groups -OCH3 is 1. The molecule has 0 aromatic heterocycles. The summed E-state index contributed by atoms with van der Waals surface area (Å²) in [5.41, 5.74) is 0.422. The normalized spacial score (nSPS) is 15.0. The molecule has 0 unspecified atom stereocenters. The summed E-state index contributed by atoms with van der Waals surface area (Å²) in [6.07, 6.45) is 2.88. The molecular weight excluding hydrogens is 432 g/mol. The molecule has 30 heavy (non-hydrogen) atoms. The first-order chi connectivity index (χ1) is 14.2. The van der Waals surface area contributed by atoms with E-state index < -0.39 is 10.0 Å². The smallest absolute Gasteiger partial charge is 0.309 e. The fraction of sp³-hybridized carbons (Fsp3) is 0.600. The molecule has 0 saturated carbocycles. The summed E-state index contributed by atoms with van der Waals surface area (Å²) in [7, 11) is -2.06. The third-order valence-corrected chi connectivity index (χ3v) is 6.53. The van der Waals surface area contributed by atoms with Crippen molar-refractivity contribution < 1.29 is 27.5 Å². The van der Waals surface area contributed by atoms with Crippen LogP contribution in [-0.4, -0.2) is 64.8 Å². The van der Waals surface area contributed by atoms with Crippen molar-refractivity contribution in [1.29, 1.82) is 0 Å². The summed E-state index contributed by atoms with van der Waals surface area (Å²) < 4.78 is 35.9. The molecule has 1 aromatic rings. The lowest BCUT2D eigenvalue weighted by Crippen LogP contribution is -2.41. The van der Waals surface area contributed by atoms with Gasteiger partial charge in [-0.25, -0.2) is 8.42 Å². The van der Waals surface area contributed by atoms with Crippen LogP contribution in [0.15, 0.2) is 18.2 Å². The van der Waals surface area contributed by atoms with E-state index >= 15 is 0 Å². The Morgan fingerprint density at radius 2 is 1.93 bits per heavy atom. The monoisotopic (exact) mass is 460 g/mol. The highest BCUT2D eigenvalue weighted by Gasteiger charge is 2.28. The molecule has 1 aliphatic heterocycles. The van der Waals surface area contributed by atoms with Crippen LogP contribution in [0, 0.1) is 5.92 Å². The molecule has 8 nitrogen and oxygen atoms in total. The molecule has 10 heteroatoms. The maximum absolute atomic E-state index is 12.5. The Balaban J connectivity index is 1.91. The molecule has 0 radical (unpaired) electrons. The zero-order valence-electron chi connectivity index (χ0n) is 17.6. The van der Waals surface area contributed by atoms with E-state index in [1.165, 1.54) is 17.5 Å². The van der Waals surface area contributed by atoms with Crippen molar-refractivity contribution in [2.45, 2.75) is 32.6 Å².